The number of phenolic OH excluding ortho intramolecular Hbond substituents is 1. The smallest absolute Gasteiger partial charge is 0.338 e. The van der Waals surface area contributed by atoms with E-state index < -0.39 is 47.6 Å². The van der Waals surface area contributed by atoms with Crippen molar-refractivity contribution >= 4 is 60.7 Å². The fourth-order valence-electron chi connectivity index (χ4n) is 4.44. The molecular weight excluding hydrogens is 672 g/mol. The number of benzene rings is 3. The van der Waals surface area contributed by atoms with E-state index in [1.807, 2.05) is 46.3 Å². The van der Waals surface area contributed by atoms with Gasteiger partial charge in [0, 0.05) is 12.0 Å². The number of carbonyl (C=O) groups excluding carboxylic acids is 2. The number of hydrogen-bond acceptors (Lipinski definition) is 9. The molecule has 0 aliphatic heterocycles. The molecule has 3 aromatic carbocycles. The predicted octanol–water partition coefficient (Wildman–Crippen LogP) is 5.78. The zero-order valence-corrected chi connectivity index (χ0v) is 29.7. The summed E-state index contributed by atoms with van der Waals surface area (Å²) in [5, 5.41) is 10.8. The van der Waals surface area contributed by atoms with Crippen molar-refractivity contribution in [1.82, 2.24) is 9.44 Å². The third-order valence-electron chi connectivity index (χ3n) is 6.78. The topological polar surface area (TPSA) is 156 Å². The zero-order chi connectivity index (χ0) is 34.8. The summed E-state index contributed by atoms with van der Waals surface area (Å²) < 4.78 is 61.5. The van der Waals surface area contributed by atoms with Crippen LogP contribution in [-0.4, -0.2) is 45.4 Å². The number of esters is 1. The van der Waals surface area contributed by atoms with Gasteiger partial charge in [-0.2, -0.15) is 0 Å². The molecule has 0 atom stereocenters. The number of aromatic hydroxyl groups is 1. The maximum Gasteiger partial charge on any atom is 0.338 e. The van der Waals surface area contributed by atoms with E-state index in [-0.39, 0.29) is 44.8 Å². The van der Waals surface area contributed by atoms with Gasteiger partial charge in [-0.05, 0) is 76.9 Å². The fourth-order valence-corrected chi connectivity index (χ4v) is 7.42. The summed E-state index contributed by atoms with van der Waals surface area (Å²) in [6, 6.07) is 11.6. The first-order valence-electron chi connectivity index (χ1n) is 14.1. The second kappa shape index (κ2) is 13.7. The largest absolute Gasteiger partial charge is 0.507 e. The van der Waals surface area contributed by atoms with Crippen molar-refractivity contribution < 1.29 is 36.3 Å². The fraction of sp³-hybridized carbons (Fsp3) is 0.344. The van der Waals surface area contributed by atoms with Gasteiger partial charge in [0.15, 0.2) is 0 Å². The lowest BCUT2D eigenvalue weighted by molar-refractivity contribution is 0.0526. The molecule has 0 aromatic heterocycles. The number of amides is 1. The second-order valence-corrected chi connectivity index (χ2v) is 16.8. The number of nitrogens with one attached hydrogen (secondary N) is 2. The van der Waals surface area contributed by atoms with Crippen LogP contribution >= 0.6 is 23.8 Å². The Hall–Kier alpha value is -3.52. The van der Waals surface area contributed by atoms with Gasteiger partial charge in [0.1, 0.15) is 10.6 Å². The van der Waals surface area contributed by atoms with Crippen LogP contribution in [0.5, 0.6) is 5.75 Å². The average Bonchev–Trinajstić information content (AvgIpc) is 2.92. The standard InChI is InChI=1S/C32H37ClN2O8S3/c1-8-43-30(38)20-9-12-22(13-10-20)45(39,40)35-29(37)21-11-14-25(33)26(18-21)46(41,42)34-27(44)17-19-15-23(31(2,3)4)28(36)24(16-19)32(5,6)7/h9-16,18,36H,8,17H2,1-7H3,(H,34,44)(H,35,37). The Morgan fingerprint density at radius 1 is 0.826 bits per heavy atom. The van der Waals surface area contributed by atoms with Gasteiger partial charge in [-0.25, -0.2) is 26.4 Å². The summed E-state index contributed by atoms with van der Waals surface area (Å²) in [6.07, 6.45) is 0.0198. The van der Waals surface area contributed by atoms with E-state index >= 15 is 0 Å². The van der Waals surface area contributed by atoms with Gasteiger partial charge in [-0.1, -0.05) is 77.5 Å². The maximum atomic E-state index is 13.4. The number of phenols is 1. The molecule has 10 nitrogen and oxygen atoms in total. The average molecular weight is 709 g/mol. The van der Waals surface area contributed by atoms with Crippen LogP contribution in [0.1, 0.15) is 85.9 Å². The molecule has 0 spiro atoms. The number of sulfonamides is 2. The highest BCUT2D eigenvalue weighted by atomic mass is 35.5. The van der Waals surface area contributed by atoms with Crippen LogP contribution in [-0.2, 0) is 42.0 Å². The van der Waals surface area contributed by atoms with E-state index in [4.69, 9.17) is 28.6 Å². The predicted molar refractivity (Wildman–Crippen MR) is 181 cm³/mol. The molecule has 0 aliphatic rings. The van der Waals surface area contributed by atoms with Crippen LogP contribution in [0.2, 0.25) is 5.02 Å². The van der Waals surface area contributed by atoms with Crippen LogP contribution in [0.3, 0.4) is 0 Å². The van der Waals surface area contributed by atoms with E-state index in [0.29, 0.717) is 16.7 Å². The van der Waals surface area contributed by atoms with Gasteiger partial charge < -0.3 is 9.84 Å². The van der Waals surface area contributed by atoms with Crippen molar-refractivity contribution in [3.63, 3.8) is 0 Å². The van der Waals surface area contributed by atoms with Gasteiger partial charge >= 0.3 is 5.97 Å². The lowest BCUT2D eigenvalue weighted by atomic mass is 9.78. The van der Waals surface area contributed by atoms with Crippen molar-refractivity contribution in [3.05, 3.63) is 87.4 Å². The van der Waals surface area contributed by atoms with Crippen LogP contribution < -0.4 is 9.44 Å². The first-order valence-corrected chi connectivity index (χ1v) is 17.9. The first kappa shape index (κ1) is 36.9. The lowest BCUT2D eigenvalue weighted by Crippen LogP contribution is -2.32. The number of halogens is 1. The van der Waals surface area contributed by atoms with E-state index in [1.54, 1.807) is 19.1 Å². The summed E-state index contributed by atoms with van der Waals surface area (Å²) in [5.41, 5.74) is 1.06. The van der Waals surface area contributed by atoms with Crippen LogP contribution in [0.25, 0.3) is 0 Å². The van der Waals surface area contributed by atoms with Gasteiger partial charge in [0.05, 0.1) is 27.1 Å². The Labute approximate surface area is 280 Å². The molecule has 3 N–H and O–H groups in total. The van der Waals surface area contributed by atoms with Crippen molar-refractivity contribution in [1.29, 1.82) is 0 Å². The van der Waals surface area contributed by atoms with E-state index in [9.17, 15) is 31.5 Å². The minimum absolute atomic E-state index is 0.0198. The summed E-state index contributed by atoms with van der Waals surface area (Å²) >= 11 is 11.6. The molecule has 0 saturated carbocycles. The second-order valence-electron chi connectivity index (χ2n) is 12.6. The molecule has 0 bridgehead atoms. The number of hydrogen-bond donors (Lipinski definition) is 3. The summed E-state index contributed by atoms with van der Waals surface area (Å²) in [7, 11) is -8.81. The Kier molecular flexibility index (Phi) is 11.0. The highest BCUT2D eigenvalue weighted by Gasteiger charge is 2.28. The third-order valence-corrected chi connectivity index (χ3v) is 10.4. The van der Waals surface area contributed by atoms with Crippen molar-refractivity contribution in [2.75, 3.05) is 6.61 Å². The van der Waals surface area contributed by atoms with E-state index in [1.165, 1.54) is 18.2 Å². The zero-order valence-electron chi connectivity index (χ0n) is 26.5. The Morgan fingerprint density at radius 2 is 1.35 bits per heavy atom. The van der Waals surface area contributed by atoms with E-state index in [2.05, 4.69) is 4.72 Å². The normalized spacial score (nSPS) is 12.3. The van der Waals surface area contributed by atoms with Crippen LogP contribution in [0, 0.1) is 0 Å². The Balaban J connectivity index is 1.84. The SMILES string of the molecule is CCOC(=O)c1ccc(S(=O)(=O)NC(=O)c2ccc(Cl)c(S(=O)(=O)NC(=S)Cc3cc(C(C)(C)C)c(O)c(C(C)(C)C)c3)c2)cc1. The molecule has 0 radical (unpaired) electrons. The maximum absolute atomic E-state index is 13.4. The monoisotopic (exact) mass is 708 g/mol. The molecule has 248 valence electrons. The molecule has 0 saturated heterocycles. The van der Waals surface area contributed by atoms with Gasteiger partial charge in [-0.3, -0.25) is 9.52 Å². The number of thiocarbonyl (C=S) groups is 1. The molecule has 1 amide bonds. The number of ether oxygens (including phenoxy) is 1. The molecular formula is C32H37ClN2O8S3. The van der Waals surface area contributed by atoms with Crippen LogP contribution in [0.15, 0.2) is 64.4 Å². The first-order chi connectivity index (χ1) is 21.1. The molecule has 0 aliphatic carbocycles. The summed E-state index contributed by atoms with van der Waals surface area (Å²) in [4.78, 5) is 23.9. The molecule has 14 heteroatoms. The summed E-state index contributed by atoms with van der Waals surface area (Å²) in [5.74, 6) is -1.57. The van der Waals surface area contributed by atoms with Gasteiger partial charge in [0.2, 0.25) is 0 Å². The quantitative estimate of drug-likeness (QED) is 0.185. The molecule has 3 rings (SSSR count). The molecule has 0 heterocycles. The Bertz CT molecular complexity index is 1860. The Morgan fingerprint density at radius 3 is 1.85 bits per heavy atom. The minimum Gasteiger partial charge on any atom is -0.507 e. The highest BCUT2D eigenvalue weighted by Crippen LogP contribution is 2.40. The lowest BCUT2D eigenvalue weighted by Gasteiger charge is -2.28. The van der Waals surface area contributed by atoms with Crippen LogP contribution in [0.4, 0.5) is 0 Å². The van der Waals surface area contributed by atoms with E-state index in [0.717, 1.165) is 24.3 Å². The molecule has 46 heavy (non-hydrogen) atoms. The van der Waals surface area contributed by atoms with Gasteiger partial charge in [-0.15, -0.1) is 0 Å². The molecule has 3 aromatic rings. The van der Waals surface area contributed by atoms with Gasteiger partial charge in [0.25, 0.3) is 26.0 Å². The third kappa shape index (κ3) is 8.84. The number of rotatable bonds is 9. The molecule has 0 unspecified atom stereocenters. The minimum atomic E-state index is -4.41. The van der Waals surface area contributed by atoms with Crippen molar-refractivity contribution in [3.8, 4) is 5.75 Å². The van der Waals surface area contributed by atoms with Crippen molar-refractivity contribution in [2.45, 2.75) is 75.5 Å². The van der Waals surface area contributed by atoms with Crippen molar-refractivity contribution in [2.24, 2.45) is 0 Å². The highest BCUT2D eigenvalue weighted by molar-refractivity contribution is 7.92. The molecule has 0 fully saturated rings. The number of carbonyl (C=O) groups is 2. The summed E-state index contributed by atoms with van der Waals surface area (Å²) in [6.45, 7) is 13.5.